The van der Waals surface area contributed by atoms with E-state index in [1.54, 1.807) is 31.2 Å². The Morgan fingerprint density at radius 3 is 2.43 bits per heavy atom. The Labute approximate surface area is 247 Å². The maximum absolute atomic E-state index is 14.2. The number of nitrogens with two attached hydrogens (primary N) is 1. The summed E-state index contributed by atoms with van der Waals surface area (Å²) >= 11 is 0.772. The molecule has 42 heavy (non-hydrogen) atoms. The van der Waals surface area contributed by atoms with Crippen molar-refractivity contribution in [2.45, 2.75) is 57.7 Å². The molecule has 3 amide bonds. The van der Waals surface area contributed by atoms with Crippen molar-refractivity contribution in [2.75, 3.05) is 18.9 Å². The van der Waals surface area contributed by atoms with Gasteiger partial charge in [0.1, 0.15) is 23.3 Å². The van der Waals surface area contributed by atoms with E-state index in [0.29, 0.717) is 11.1 Å². The fraction of sp³-hybridized carbons (Fsp3) is 0.367. The predicted molar refractivity (Wildman–Crippen MR) is 156 cm³/mol. The van der Waals surface area contributed by atoms with Gasteiger partial charge in [-0.05, 0) is 54.6 Å². The molecule has 1 fully saturated rings. The average molecular weight is 596 g/mol. The summed E-state index contributed by atoms with van der Waals surface area (Å²) in [5.74, 6) is -2.95. The molecule has 1 heterocycles. The molecule has 1 unspecified atom stereocenters. The number of carbonyl (C=O) groups is 4. The van der Waals surface area contributed by atoms with Crippen molar-refractivity contribution in [1.29, 1.82) is 0 Å². The Morgan fingerprint density at radius 1 is 1.07 bits per heavy atom. The van der Waals surface area contributed by atoms with E-state index in [1.165, 1.54) is 29.2 Å². The van der Waals surface area contributed by atoms with Gasteiger partial charge in [0, 0.05) is 12.6 Å². The van der Waals surface area contributed by atoms with Crippen LogP contribution in [0.2, 0.25) is 0 Å². The highest BCUT2D eigenvalue weighted by atomic mass is 32.1. The van der Waals surface area contributed by atoms with Crippen LogP contribution in [0.15, 0.2) is 54.6 Å². The number of benzene rings is 2. The lowest BCUT2D eigenvalue weighted by Gasteiger charge is -2.31. The Bertz CT molecular complexity index is 1390. The monoisotopic (exact) mass is 595 g/mol. The summed E-state index contributed by atoms with van der Waals surface area (Å²) in [6, 6.07) is 12.9. The molecule has 1 atom stereocenters. The van der Waals surface area contributed by atoms with Gasteiger partial charge in [-0.25, -0.2) is 4.39 Å². The molecule has 0 spiro atoms. The Kier molecular flexibility index (Phi) is 10.6. The number of nitrogen functional groups attached to an aromatic ring is 1. The van der Waals surface area contributed by atoms with E-state index in [-0.39, 0.29) is 35.5 Å². The van der Waals surface area contributed by atoms with Crippen LogP contribution in [0.25, 0.3) is 0 Å². The van der Waals surface area contributed by atoms with Crippen LogP contribution in [0.3, 0.4) is 0 Å². The Balaban J connectivity index is 1.69. The number of amides is 3. The highest BCUT2D eigenvalue weighted by Crippen LogP contribution is 2.31. The molecule has 10 nitrogen and oxygen atoms in total. The molecule has 0 aliphatic heterocycles. The smallest absolute Gasteiger partial charge is 0.325 e. The number of carbonyl (C=O) groups excluding carboxylic acids is 4. The highest BCUT2D eigenvalue weighted by molar-refractivity contribution is 7.09. The molecule has 1 aliphatic rings. The van der Waals surface area contributed by atoms with Crippen molar-refractivity contribution in [3.63, 3.8) is 0 Å². The molecule has 0 bridgehead atoms. The first-order chi connectivity index (χ1) is 20.3. The second-order valence-corrected chi connectivity index (χ2v) is 10.8. The number of halogens is 1. The molecular formula is C30H34FN5O5S. The zero-order chi connectivity index (χ0) is 30.1. The van der Waals surface area contributed by atoms with E-state index in [0.717, 1.165) is 43.6 Å². The van der Waals surface area contributed by atoms with Gasteiger partial charge in [0.25, 0.3) is 11.8 Å². The minimum absolute atomic E-state index is 0.00923. The van der Waals surface area contributed by atoms with Gasteiger partial charge in [0.15, 0.2) is 5.69 Å². The summed E-state index contributed by atoms with van der Waals surface area (Å²) < 4.78 is 23.0. The number of ether oxygens (including phenoxy) is 1. The van der Waals surface area contributed by atoms with Crippen LogP contribution in [0.1, 0.15) is 76.4 Å². The molecule has 0 radical (unpaired) electrons. The Morgan fingerprint density at radius 2 is 1.76 bits per heavy atom. The molecule has 12 heteroatoms. The van der Waals surface area contributed by atoms with Gasteiger partial charge in [0.2, 0.25) is 5.91 Å². The zero-order valence-corrected chi connectivity index (χ0v) is 24.1. The van der Waals surface area contributed by atoms with E-state index in [1.807, 2.05) is 6.07 Å². The largest absolute Gasteiger partial charge is 0.465 e. The lowest BCUT2D eigenvalue weighted by molar-refractivity contribution is -0.143. The van der Waals surface area contributed by atoms with Crippen molar-refractivity contribution in [2.24, 2.45) is 0 Å². The minimum atomic E-state index is -1.28. The van der Waals surface area contributed by atoms with Gasteiger partial charge in [-0.2, -0.15) is 4.37 Å². The summed E-state index contributed by atoms with van der Waals surface area (Å²) in [4.78, 5) is 54.0. The summed E-state index contributed by atoms with van der Waals surface area (Å²) in [5.41, 5.74) is 7.22. The number of esters is 1. The highest BCUT2D eigenvalue weighted by Gasteiger charge is 2.35. The molecule has 222 valence electrons. The summed E-state index contributed by atoms with van der Waals surface area (Å²) in [6.45, 7) is 1.32. The van der Waals surface area contributed by atoms with Crippen molar-refractivity contribution in [3.05, 3.63) is 82.1 Å². The van der Waals surface area contributed by atoms with E-state index in [4.69, 9.17) is 10.5 Å². The zero-order valence-electron chi connectivity index (χ0n) is 23.3. The number of hydrogen-bond acceptors (Lipinski definition) is 8. The SMILES string of the molecule is CCOC(=O)CNC(=O)C(c1ccc(F)cc1)N(Cc1ccccc1)C(=O)c1snc(C(=O)NC2CCCCC2)c1N. The van der Waals surface area contributed by atoms with E-state index in [9.17, 15) is 23.6 Å². The van der Waals surface area contributed by atoms with Gasteiger partial charge in [-0.1, -0.05) is 61.7 Å². The van der Waals surface area contributed by atoms with Gasteiger partial charge >= 0.3 is 5.97 Å². The summed E-state index contributed by atoms with van der Waals surface area (Å²) in [7, 11) is 0. The topological polar surface area (TPSA) is 144 Å². The standard InChI is InChI=1S/C30H34FN5O5S/c1-2-41-23(37)17-33-29(39)26(20-13-15-21(31)16-14-20)36(18-19-9-5-3-6-10-19)30(40)27-24(32)25(35-42-27)28(38)34-22-11-7-4-8-12-22/h3,5-6,9-10,13-16,22,26H,2,4,7-8,11-12,17-18,32H2,1H3,(H,33,39)(H,34,38). The second kappa shape index (κ2) is 14.5. The lowest BCUT2D eigenvalue weighted by atomic mass is 9.95. The number of anilines is 1. The quantitative estimate of drug-likeness (QED) is 0.285. The van der Waals surface area contributed by atoms with Crippen molar-refractivity contribution in [3.8, 4) is 0 Å². The van der Waals surface area contributed by atoms with Crippen LogP contribution >= 0.6 is 11.5 Å². The van der Waals surface area contributed by atoms with E-state index < -0.39 is 42.1 Å². The first kappa shape index (κ1) is 30.6. The van der Waals surface area contributed by atoms with Gasteiger partial charge < -0.3 is 26.0 Å². The molecule has 4 rings (SSSR count). The number of rotatable bonds is 11. The predicted octanol–water partition coefficient (Wildman–Crippen LogP) is 3.99. The molecule has 4 N–H and O–H groups in total. The average Bonchev–Trinajstić information content (AvgIpc) is 3.38. The number of aromatic nitrogens is 1. The van der Waals surface area contributed by atoms with Crippen LogP contribution in [0.5, 0.6) is 0 Å². The van der Waals surface area contributed by atoms with Crippen LogP contribution < -0.4 is 16.4 Å². The summed E-state index contributed by atoms with van der Waals surface area (Å²) in [6.07, 6.45) is 4.92. The molecule has 1 aliphatic carbocycles. The molecule has 1 aromatic heterocycles. The number of hydrogen-bond donors (Lipinski definition) is 3. The van der Waals surface area contributed by atoms with Crippen LogP contribution in [0, 0.1) is 5.82 Å². The normalized spacial score (nSPS) is 14.0. The van der Waals surface area contributed by atoms with E-state index in [2.05, 4.69) is 15.0 Å². The Hall–Kier alpha value is -4.32. The first-order valence-electron chi connectivity index (χ1n) is 13.9. The van der Waals surface area contributed by atoms with Crippen molar-refractivity contribution < 1.29 is 28.3 Å². The molecule has 2 aromatic carbocycles. The first-order valence-corrected chi connectivity index (χ1v) is 14.7. The molecular weight excluding hydrogens is 561 g/mol. The third-order valence-electron chi connectivity index (χ3n) is 6.99. The van der Waals surface area contributed by atoms with Crippen molar-refractivity contribution >= 4 is 40.9 Å². The third-order valence-corrected chi connectivity index (χ3v) is 7.84. The fourth-order valence-corrected chi connectivity index (χ4v) is 5.65. The van der Waals surface area contributed by atoms with Crippen LogP contribution in [0.4, 0.5) is 10.1 Å². The molecule has 1 saturated carbocycles. The number of nitrogens with zero attached hydrogens (tertiary/aromatic N) is 2. The maximum Gasteiger partial charge on any atom is 0.325 e. The third kappa shape index (κ3) is 7.69. The number of nitrogens with one attached hydrogen (secondary N) is 2. The van der Waals surface area contributed by atoms with Gasteiger partial charge in [0.05, 0.1) is 12.3 Å². The maximum atomic E-state index is 14.2. The lowest BCUT2D eigenvalue weighted by Crippen LogP contribution is -2.44. The van der Waals surface area contributed by atoms with Crippen molar-refractivity contribution in [1.82, 2.24) is 19.9 Å². The van der Waals surface area contributed by atoms with Gasteiger partial charge in [-0.3, -0.25) is 19.2 Å². The van der Waals surface area contributed by atoms with E-state index >= 15 is 0 Å². The van der Waals surface area contributed by atoms with Crippen LogP contribution in [-0.4, -0.2) is 52.2 Å². The van der Waals surface area contributed by atoms with Crippen LogP contribution in [-0.2, 0) is 20.9 Å². The minimum Gasteiger partial charge on any atom is -0.465 e. The molecule has 3 aromatic rings. The fourth-order valence-electron chi connectivity index (χ4n) is 4.89. The molecule has 0 saturated heterocycles. The summed E-state index contributed by atoms with van der Waals surface area (Å²) in [5, 5.41) is 5.49. The second-order valence-electron chi connectivity index (χ2n) is 9.98. The van der Waals surface area contributed by atoms with Gasteiger partial charge in [-0.15, -0.1) is 0 Å².